The predicted molar refractivity (Wildman–Crippen MR) is 218 cm³/mol. The molecule has 56 heavy (non-hydrogen) atoms. The van der Waals surface area contributed by atoms with Crippen LogP contribution in [-0.2, 0) is 37.4 Å². The van der Waals surface area contributed by atoms with Gasteiger partial charge in [0.25, 0.3) is 5.56 Å². The van der Waals surface area contributed by atoms with Crippen molar-refractivity contribution in [1.29, 1.82) is 0 Å². The number of aromatic nitrogens is 2. The number of rotatable bonds is 36. The molecule has 0 aliphatic carbocycles. The molecule has 2 heterocycles. The van der Waals surface area contributed by atoms with Crippen LogP contribution in [0.25, 0.3) is 0 Å². The number of H-pyrrole nitrogens is 1. The zero-order valence-electron chi connectivity index (χ0n) is 34.9. The number of hydrogen-bond acceptors (Lipinski definition) is 10. The van der Waals surface area contributed by atoms with Gasteiger partial charge in [0.15, 0.2) is 0 Å². The fourth-order valence-electron chi connectivity index (χ4n) is 6.60. The van der Waals surface area contributed by atoms with E-state index in [4.69, 9.17) is 27.8 Å². The minimum Gasteiger partial charge on any atom is -0.463 e. The highest BCUT2D eigenvalue weighted by atomic mass is 31.2. The van der Waals surface area contributed by atoms with E-state index in [0.717, 1.165) is 43.1 Å². The van der Waals surface area contributed by atoms with E-state index in [-0.39, 0.29) is 51.4 Å². The highest BCUT2D eigenvalue weighted by Crippen LogP contribution is 2.41. The van der Waals surface area contributed by atoms with Gasteiger partial charge in [0.05, 0.1) is 19.8 Å². The average Bonchev–Trinajstić information content (AvgIpc) is 3.55. The van der Waals surface area contributed by atoms with Crippen molar-refractivity contribution in [3.8, 4) is 0 Å². The number of aromatic amines is 1. The van der Waals surface area contributed by atoms with Crippen LogP contribution in [0, 0.1) is 6.92 Å². The van der Waals surface area contributed by atoms with Gasteiger partial charge in [-0.25, -0.2) is 9.18 Å². The first-order valence-corrected chi connectivity index (χ1v) is 23.0. The third-order valence-corrected chi connectivity index (χ3v) is 11.2. The van der Waals surface area contributed by atoms with Crippen molar-refractivity contribution in [2.75, 3.05) is 33.0 Å². The largest absolute Gasteiger partial charge is 0.463 e. The number of hydrogen-bond donors (Lipinski definition) is 1. The highest BCUT2D eigenvalue weighted by molar-refractivity contribution is 7.41. The number of ether oxygens (including phenoxy) is 3. The van der Waals surface area contributed by atoms with E-state index in [9.17, 15) is 19.2 Å². The second-order valence-electron chi connectivity index (χ2n) is 15.1. The van der Waals surface area contributed by atoms with Gasteiger partial charge in [-0.1, -0.05) is 142 Å². The molecule has 0 aromatic carbocycles. The van der Waals surface area contributed by atoms with Crippen LogP contribution in [0.2, 0.25) is 0 Å². The Morgan fingerprint density at radius 3 is 1.57 bits per heavy atom. The molecule has 0 spiro atoms. The Hall–Kier alpha value is -2.18. The molecule has 2 rings (SSSR count). The first kappa shape index (κ1) is 50.0. The Bertz CT molecular complexity index is 1230. The molecule has 0 radical (unpaired) electrons. The number of carbonyl (C=O) groups excluding carboxylic acids is 2. The lowest BCUT2D eigenvalue weighted by molar-refractivity contribution is -0.145. The maximum Gasteiger partial charge on any atom is 0.332 e. The van der Waals surface area contributed by atoms with E-state index in [0.29, 0.717) is 18.4 Å². The fraction of sp³-hybridized carbons (Fsp3) is 0.857. The molecule has 12 nitrogen and oxygen atoms in total. The SMILES string of the molecule is CCCCCCCCCCCCCC(=O)OCCOP(OCCOC(=O)CCCCCCCCCCCCC)OC[C@H]1O[C@@H](n2cc(C)c(=O)[nH]c2=O)C[C@@H]1F. The molecule has 1 aliphatic rings. The summed E-state index contributed by atoms with van der Waals surface area (Å²) in [5.74, 6) is -0.586. The van der Waals surface area contributed by atoms with Crippen molar-refractivity contribution in [2.45, 2.75) is 200 Å². The molecular formula is C42H74FN2O10P. The van der Waals surface area contributed by atoms with Crippen LogP contribution in [0.4, 0.5) is 4.39 Å². The van der Waals surface area contributed by atoms with E-state index in [2.05, 4.69) is 18.8 Å². The maximum atomic E-state index is 15.0. The van der Waals surface area contributed by atoms with Crippen LogP contribution in [0.1, 0.15) is 186 Å². The summed E-state index contributed by atoms with van der Waals surface area (Å²) in [4.78, 5) is 50.9. The Labute approximate surface area is 336 Å². The lowest BCUT2D eigenvalue weighted by Crippen LogP contribution is -2.33. The zero-order chi connectivity index (χ0) is 40.6. The number of alkyl halides is 1. The van der Waals surface area contributed by atoms with E-state index < -0.39 is 38.4 Å². The van der Waals surface area contributed by atoms with E-state index in [1.807, 2.05) is 0 Å². The topological polar surface area (TPSA) is 144 Å². The van der Waals surface area contributed by atoms with Crippen molar-refractivity contribution < 1.29 is 41.8 Å². The summed E-state index contributed by atoms with van der Waals surface area (Å²) in [6.07, 6.45) is 24.9. The third kappa shape index (κ3) is 23.9. The van der Waals surface area contributed by atoms with Gasteiger partial charge in [-0.2, -0.15) is 0 Å². The number of esters is 2. The molecule has 324 valence electrons. The first-order valence-electron chi connectivity index (χ1n) is 21.9. The minimum absolute atomic E-state index is 0.00141. The van der Waals surface area contributed by atoms with Gasteiger partial charge in [0.1, 0.15) is 31.7 Å². The van der Waals surface area contributed by atoms with Crippen LogP contribution >= 0.6 is 8.60 Å². The summed E-state index contributed by atoms with van der Waals surface area (Å²) in [7, 11) is -2.04. The number of nitrogens with zero attached hydrogens (tertiary/aromatic N) is 1. The summed E-state index contributed by atoms with van der Waals surface area (Å²) in [6.45, 7) is 5.76. The molecule has 0 bridgehead atoms. The van der Waals surface area contributed by atoms with Gasteiger partial charge in [0, 0.05) is 31.0 Å². The molecular weight excluding hydrogens is 742 g/mol. The summed E-state index contributed by atoms with van der Waals surface area (Å²) < 4.78 is 49.9. The molecule has 1 aliphatic heterocycles. The quantitative estimate of drug-likeness (QED) is 0.0395. The maximum absolute atomic E-state index is 15.0. The smallest absolute Gasteiger partial charge is 0.332 e. The lowest BCUT2D eigenvalue weighted by Gasteiger charge is -2.20. The summed E-state index contributed by atoms with van der Waals surface area (Å²) in [6, 6.07) is 0. The van der Waals surface area contributed by atoms with E-state index >= 15 is 4.39 Å². The molecule has 0 amide bonds. The average molecular weight is 817 g/mol. The standard InChI is InChI=1S/C42H74FN2O10P/c1-4-6-8-10-12-14-16-18-20-22-24-26-39(46)50-28-30-52-56(53-31-29-51-40(47)27-25-23-21-19-17-15-13-11-9-7-5-2)54-34-37-36(43)32-38(55-37)45-33-35(3)41(48)44-42(45)49/h33,36-38H,4-32,34H2,1-3H3,(H,44,48,49)/t36-,37+,38+/m0/s1. The van der Waals surface area contributed by atoms with Crippen molar-refractivity contribution >= 4 is 20.5 Å². The predicted octanol–water partition coefficient (Wildman–Crippen LogP) is 10.2. The molecule has 1 fully saturated rings. The number of unbranched alkanes of at least 4 members (excludes halogenated alkanes) is 20. The van der Waals surface area contributed by atoms with Crippen molar-refractivity contribution in [3.63, 3.8) is 0 Å². The summed E-state index contributed by atoms with van der Waals surface area (Å²) in [5, 5.41) is 0. The van der Waals surface area contributed by atoms with E-state index in [1.165, 1.54) is 109 Å². The second kappa shape index (κ2) is 32.7. The molecule has 1 N–H and O–H groups in total. The number of halogens is 1. The first-order chi connectivity index (χ1) is 27.2. The van der Waals surface area contributed by atoms with Crippen molar-refractivity contribution in [1.82, 2.24) is 9.55 Å². The van der Waals surface area contributed by atoms with Crippen LogP contribution in [0.15, 0.2) is 15.8 Å². The van der Waals surface area contributed by atoms with Gasteiger partial charge >= 0.3 is 26.2 Å². The minimum atomic E-state index is -2.04. The van der Waals surface area contributed by atoms with Crippen LogP contribution in [0.3, 0.4) is 0 Å². The number of nitrogens with one attached hydrogen (secondary N) is 1. The summed E-state index contributed by atoms with van der Waals surface area (Å²) >= 11 is 0. The van der Waals surface area contributed by atoms with Gasteiger partial charge in [-0.05, 0) is 19.8 Å². The number of carbonyl (C=O) groups is 2. The fourth-order valence-corrected chi connectivity index (χ4v) is 7.54. The third-order valence-electron chi connectivity index (χ3n) is 10.0. The number of aryl methyl sites for hydroxylation is 1. The molecule has 14 heteroatoms. The molecule has 3 atom stereocenters. The zero-order valence-corrected chi connectivity index (χ0v) is 35.8. The molecule has 0 saturated carbocycles. The second-order valence-corrected chi connectivity index (χ2v) is 16.3. The molecule has 0 unspecified atom stereocenters. The van der Waals surface area contributed by atoms with Gasteiger partial charge < -0.3 is 27.8 Å². The Morgan fingerprint density at radius 2 is 1.12 bits per heavy atom. The molecule has 1 aromatic heterocycles. The normalized spacial score (nSPS) is 16.8. The Kier molecular flexibility index (Phi) is 29.2. The van der Waals surface area contributed by atoms with Crippen LogP contribution < -0.4 is 11.2 Å². The monoisotopic (exact) mass is 817 g/mol. The molecule has 1 aromatic rings. The van der Waals surface area contributed by atoms with Gasteiger partial charge in [0.2, 0.25) is 0 Å². The lowest BCUT2D eigenvalue weighted by atomic mass is 10.1. The Morgan fingerprint density at radius 1 is 0.696 bits per heavy atom. The van der Waals surface area contributed by atoms with Crippen LogP contribution in [0.5, 0.6) is 0 Å². The van der Waals surface area contributed by atoms with Crippen molar-refractivity contribution in [2.24, 2.45) is 0 Å². The Balaban J connectivity index is 1.69. The molecule has 1 saturated heterocycles. The highest BCUT2D eigenvalue weighted by Gasteiger charge is 2.38. The van der Waals surface area contributed by atoms with Crippen molar-refractivity contribution in [3.05, 3.63) is 32.6 Å². The summed E-state index contributed by atoms with van der Waals surface area (Å²) in [5.41, 5.74) is -0.905. The van der Waals surface area contributed by atoms with Gasteiger partial charge in [-0.15, -0.1) is 0 Å². The van der Waals surface area contributed by atoms with Gasteiger partial charge in [-0.3, -0.25) is 23.9 Å². The van der Waals surface area contributed by atoms with E-state index in [1.54, 1.807) is 6.92 Å². The van der Waals surface area contributed by atoms with Crippen LogP contribution in [-0.4, -0.2) is 66.8 Å².